The summed E-state index contributed by atoms with van der Waals surface area (Å²) in [6.07, 6.45) is 0. The number of nitrogen functional groups attached to an aromatic ring is 1. The second-order valence-electron chi connectivity index (χ2n) is 3.58. The molecule has 6 nitrogen and oxygen atoms in total. The molecule has 1 heterocycles. The van der Waals surface area contributed by atoms with Gasteiger partial charge in [0.1, 0.15) is 5.69 Å². The topological polar surface area (TPSA) is 104 Å². The van der Waals surface area contributed by atoms with Crippen molar-refractivity contribution in [2.24, 2.45) is 0 Å². The predicted octanol–water partition coefficient (Wildman–Crippen LogP) is -1.26. The fourth-order valence-corrected chi connectivity index (χ4v) is 2.15. The monoisotopic (exact) mass is 331 g/mol. The molecule has 1 aromatic heterocycles. The number of halogens is 1. The molecule has 0 spiro atoms. The van der Waals surface area contributed by atoms with Crippen molar-refractivity contribution in [3.05, 3.63) is 33.2 Å². The Hall–Kier alpha value is -1.67. The maximum atomic E-state index is 10.8. The number of aromatic amines is 1. The van der Waals surface area contributed by atoms with Gasteiger partial charge in [-0.1, -0.05) is 11.3 Å². The first-order valence-corrected chi connectivity index (χ1v) is 5.61. The molecule has 0 unspecified atom stereocenters. The summed E-state index contributed by atoms with van der Waals surface area (Å²) in [4.78, 5) is 13.0. The van der Waals surface area contributed by atoms with E-state index in [1.807, 2.05) is 0 Å². The minimum atomic E-state index is -0.610. The number of anilines is 1. The molecule has 1 aromatic carbocycles. The zero-order chi connectivity index (χ0) is 12.6. The molecule has 18 heavy (non-hydrogen) atoms. The lowest BCUT2D eigenvalue weighted by Crippen LogP contribution is -3.00. The highest BCUT2D eigenvalue weighted by Crippen LogP contribution is 2.37. The molecule has 8 heteroatoms. The molecule has 4 N–H and O–H groups in total. The lowest BCUT2D eigenvalue weighted by Gasteiger charge is -2.02. The van der Waals surface area contributed by atoms with E-state index in [4.69, 9.17) is 5.73 Å². The van der Waals surface area contributed by atoms with Gasteiger partial charge in [-0.3, -0.25) is 15.8 Å². The van der Waals surface area contributed by atoms with Crippen molar-refractivity contribution >= 4 is 22.2 Å². The van der Waals surface area contributed by atoms with Crippen molar-refractivity contribution < 1.29 is 32.0 Å². The second kappa shape index (κ2) is 5.32. The fraction of sp³-hybridized carbons (Fsp3) is 0.100. The number of nitrogens with zero attached hydrogens (tertiary/aromatic N) is 1. The van der Waals surface area contributed by atoms with Crippen LogP contribution in [0.3, 0.4) is 0 Å². The largest absolute Gasteiger partial charge is 1.00 e. The van der Waals surface area contributed by atoms with E-state index >= 15 is 0 Å². The molecule has 2 rings (SSSR count). The SMILES string of the molecule is Cc1cc(-c2csc(N)[nH+]2)c(O)c([N+](=O)[O-])c1.[Br-]. The Balaban J connectivity index is 0.00000162. The van der Waals surface area contributed by atoms with Crippen LogP contribution in [0.2, 0.25) is 0 Å². The molecule has 0 bridgehead atoms. The maximum absolute atomic E-state index is 10.8. The fourth-order valence-electron chi connectivity index (χ4n) is 1.55. The number of nitrogens with two attached hydrogens (primary N) is 1. The lowest BCUT2D eigenvalue weighted by molar-refractivity contribution is -0.386. The molecule has 0 aliphatic rings. The van der Waals surface area contributed by atoms with Crippen LogP contribution in [0.15, 0.2) is 17.5 Å². The first-order valence-electron chi connectivity index (χ1n) is 4.73. The molecule has 2 aromatic rings. The Kier molecular flexibility index (Phi) is 4.25. The number of aryl methyl sites for hydroxylation is 1. The summed E-state index contributed by atoms with van der Waals surface area (Å²) >= 11 is 1.27. The zero-order valence-corrected chi connectivity index (χ0v) is 11.7. The summed E-state index contributed by atoms with van der Waals surface area (Å²) in [5.74, 6) is -0.352. The number of aromatic nitrogens is 1. The minimum Gasteiger partial charge on any atom is -1.00 e. The van der Waals surface area contributed by atoms with Crippen LogP contribution in [-0.4, -0.2) is 10.0 Å². The van der Waals surface area contributed by atoms with E-state index in [1.165, 1.54) is 17.4 Å². The van der Waals surface area contributed by atoms with E-state index in [1.54, 1.807) is 18.4 Å². The first-order chi connectivity index (χ1) is 7.99. The smallest absolute Gasteiger partial charge is 0.329 e. The number of hydrogen-bond donors (Lipinski definition) is 2. The van der Waals surface area contributed by atoms with Gasteiger partial charge in [0.15, 0.2) is 0 Å². The van der Waals surface area contributed by atoms with Crippen molar-refractivity contribution in [1.29, 1.82) is 0 Å². The number of hydrogen-bond acceptors (Lipinski definition) is 5. The average molecular weight is 332 g/mol. The standard InChI is InChI=1S/C10H9N3O3S.BrH/c1-5-2-6(7-4-17-10(11)12-7)9(14)8(3-5)13(15)16;/h2-4,14H,1H3,(H2,11,12);1H. The van der Waals surface area contributed by atoms with Gasteiger partial charge in [0.05, 0.1) is 10.5 Å². The number of benzene rings is 1. The van der Waals surface area contributed by atoms with Gasteiger partial charge in [-0.05, 0) is 18.6 Å². The molecule has 0 atom stereocenters. The summed E-state index contributed by atoms with van der Waals surface area (Å²) in [6, 6.07) is 2.99. The van der Waals surface area contributed by atoms with Crippen LogP contribution < -0.4 is 27.7 Å². The number of rotatable bonds is 2. The van der Waals surface area contributed by atoms with Gasteiger partial charge in [-0.15, -0.1) is 0 Å². The second-order valence-corrected chi connectivity index (χ2v) is 4.49. The first kappa shape index (κ1) is 14.4. The van der Waals surface area contributed by atoms with Crippen LogP contribution in [0.5, 0.6) is 5.75 Å². The van der Waals surface area contributed by atoms with E-state index in [9.17, 15) is 15.2 Å². The highest BCUT2D eigenvalue weighted by atomic mass is 79.9. The molecule has 0 aliphatic carbocycles. The van der Waals surface area contributed by atoms with Gasteiger partial charge in [-0.25, -0.2) is 4.98 Å². The van der Waals surface area contributed by atoms with E-state index in [0.717, 1.165) is 0 Å². The molecule has 0 fully saturated rings. The van der Waals surface area contributed by atoms with Crippen LogP contribution in [0.4, 0.5) is 10.8 Å². The van der Waals surface area contributed by atoms with E-state index in [-0.39, 0.29) is 28.4 Å². The molecular formula is C10H10BrN3O3S. The third-order valence-electron chi connectivity index (χ3n) is 2.28. The molecule has 96 valence electrons. The van der Waals surface area contributed by atoms with Gasteiger partial charge >= 0.3 is 10.8 Å². The van der Waals surface area contributed by atoms with Crippen molar-refractivity contribution in [2.75, 3.05) is 5.73 Å². The van der Waals surface area contributed by atoms with Crippen LogP contribution in [0.1, 0.15) is 5.56 Å². The summed E-state index contributed by atoms with van der Waals surface area (Å²) in [6.45, 7) is 1.73. The quantitative estimate of drug-likeness (QED) is 0.529. The van der Waals surface area contributed by atoms with Crippen LogP contribution in [-0.2, 0) is 0 Å². The van der Waals surface area contributed by atoms with Crippen molar-refractivity contribution in [1.82, 2.24) is 0 Å². The van der Waals surface area contributed by atoms with Crippen molar-refractivity contribution in [3.63, 3.8) is 0 Å². The number of thiazole rings is 1. The normalized spacial score (nSPS) is 9.83. The number of H-pyrrole nitrogens is 1. The molecule has 0 aliphatic heterocycles. The lowest BCUT2D eigenvalue weighted by atomic mass is 10.1. The number of nitrogens with one attached hydrogen (secondary N) is 1. The number of phenolic OH excluding ortho intramolecular Hbond substituents is 1. The van der Waals surface area contributed by atoms with Gasteiger partial charge in [0, 0.05) is 11.4 Å². The van der Waals surface area contributed by atoms with E-state index in [2.05, 4.69) is 4.98 Å². The summed E-state index contributed by atoms with van der Waals surface area (Å²) in [5.41, 5.74) is 6.88. The Morgan fingerprint density at radius 3 is 2.67 bits per heavy atom. The minimum absolute atomic E-state index is 0. The molecule has 0 amide bonds. The number of aromatic hydroxyl groups is 1. The van der Waals surface area contributed by atoms with Crippen molar-refractivity contribution in [2.45, 2.75) is 6.92 Å². The third-order valence-corrected chi connectivity index (χ3v) is 2.99. The Bertz CT molecular complexity index is 600. The Morgan fingerprint density at radius 1 is 1.50 bits per heavy atom. The van der Waals surface area contributed by atoms with E-state index in [0.29, 0.717) is 22.0 Å². The molecule has 0 saturated heterocycles. The van der Waals surface area contributed by atoms with Crippen molar-refractivity contribution in [3.8, 4) is 17.0 Å². The zero-order valence-electron chi connectivity index (χ0n) is 9.31. The predicted molar refractivity (Wildman–Crippen MR) is 63.8 cm³/mol. The summed E-state index contributed by atoms with van der Waals surface area (Å²) < 4.78 is 0. The highest BCUT2D eigenvalue weighted by molar-refractivity contribution is 7.13. The summed E-state index contributed by atoms with van der Waals surface area (Å²) in [5, 5.41) is 22.8. The maximum Gasteiger partial charge on any atom is 0.329 e. The molecular weight excluding hydrogens is 322 g/mol. The van der Waals surface area contributed by atoms with Crippen LogP contribution in [0, 0.1) is 17.0 Å². The number of nitro groups is 1. The van der Waals surface area contributed by atoms with Crippen LogP contribution >= 0.6 is 11.3 Å². The molecule has 0 radical (unpaired) electrons. The Labute approximate surface area is 117 Å². The summed E-state index contributed by atoms with van der Waals surface area (Å²) in [7, 11) is 0. The third kappa shape index (κ3) is 2.59. The number of phenols is 1. The van der Waals surface area contributed by atoms with Gasteiger partial charge in [0.25, 0.3) is 0 Å². The molecule has 0 saturated carbocycles. The number of nitro benzene ring substituents is 1. The van der Waals surface area contributed by atoms with Gasteiger partial charge in [-0.2, -0.15) is 0 Å². The van der Waals surface area contributed by atoms with Gasteiger partial charge in [0.2, 0.25) is 5.75 Å². The van der Waals surface area contributed by atoms with E-state index < -0.39 is 4.92 Å². The average Bonchev–Trinajstić information content (AvgIpc) is 2.67. The van der Waals surface area contributed by atoms with Crippen LogP contribution in [0.25, 0.3) is 11.3 Å². The highest BCUT2D eigenvalue weighted by Gasteiger charge is 2.21. The Morgan fingerprint density at radius 2 is 2.17 bits per heavy atom. The van der Waals surface area contributed by atoms with Gasteiger partial charge < -0.3 is 22.1 Å².